The molecule has 1 amide bonds. The zero-order valence-corrected chi connectivity index (χ0v) is 14.5. The molecule has 2 aliphatic carbocycles. The molecule has 0 unspecified atom stereocenters. The third-order valence-electron chi connectivity index (χ3n) is 5.67. The first kappa shape index (κ1) is 16.7. The van der Waals surface area contributed by atoms with Gasteiger partial charge in [-0.1, -0.05) is 41.5 Å². The van der Waals surface area contributed by atoms with E-state index in [1.54, 1.807) is 0 Å². The molecule has 0 aromatic heterocycles. The Hall–Kier alpha value is -2.10. The number of allylic oxidation sites excluding steroid dienone is 2. The minimum absolute atomic E-state index is 0.0280. The molecule has 2 saturated carbocycles. The summed E-state index contributed by atoms with van der Waals surface area (Å²) in [5, 5.41) is 12.7. The number of rotatable bonds is 4. The number of carbonyl (C=O) groups excluding carboxylic acids is 1. The maximum Gasteiger partial charge on any atom is 0.307 e. The average molecular weight is 327 g/mol. The van der Waals surface area contributed by atoms with Crippen molar-refractivity contribution in [2.75, 3.05) is 0 Å². The fraction of sp³-hybridized carbons (Fsp3) is 0.500. The number of hydrogen-bond acceptors (Lipinski definition) is 2. The van der Waals surface area contributed by atoms with Crippen molar-refractivity contribution >= 4 is 11.9 Å². The maximum absolute atomic E-state index is 12.9. The van der Waals surface area contributed by atoms with E-state index in [0.29, 0.717) is 0 Å². The highest BCUT2D eigenvalue weighted by molar-refractivity contribution is 5.87. The highest BCUT2D eigenvalue weighted by atomic mass is 16.4. The molecule has 5 atom stereocenters. The Kier molecular flexibility index (Phi) is 4.48. The Morgan fingerprint density at radius 3 is 2.21 bits per heavy atom. The first-order chi connectivity index (χ1) is 11.4. The van der Waals surface area contributed by atoms with Crippen LogP contribution in [0.5, 0.6) is 0 Å². The topological polar surface area (TPSA) is 66.4 Å². The van der Waals surface area contributed by atoms with Gasteiger partial charge >= 0.3 is 5.97 Å². The first-order valence-electron chi connectivity index (χ1n) is 8.67. The van der Waals surface area contributed by atoms with E-state index in [1.807, 2.05) is 51.1 Å². The zero-order chi connectivity index (χ0) is 17.4. The van der Waals surface area contributed by atoms with Gasteiger partial charge in [0.25, 0.3) is 0 Å². The molecule has 0 saturated heterocycles. The van der Waals surface area contributed by atoms with Crippen LogP contribution in [0.3, 0.4) is 0 Å². The minimum atomic E-state index is -0.839. The number of fused-ring (bicyclic) bond motifs is 2. The highest BCUT2D eigenvalue weighted by Crippen LogP contribution is 2.57. The molecule has 1 aromatic rings. The van der Waals surface area contributed by atoms with E-state index in [-0.39, 0.29) is 23.8 Å². The number of benzene rings is 1. The van der Waals surface area contributed by atoms with Crippen molar-refractivity contribution in [2.24, 2.45) is 23.7 Å². The molecule has 2 aliphatic rings. The van der Waals surface area contributed by atoms with Crippen LogP contribution in [-0.2, 0) is 9.59 Å². The van der Waals surface area contributed by atoms with Crippen molar-refractivity contribution in [3.05, 3.63) is 47.0 Å². The van der Waals surface area contributed by atoms with Crippen molar-refractivity contribution in [3.63, 3.8) is 0 Å². The van der Waals surface area contributed by atoms with Crippen LogP contribution < -0.4 is 5.32 Å². The largest absolute Gasteiger partial charge is 0.481 e. The lowest BCUT2D eigenvalue weighted by Gasteiger charge is -2.28. The molecule has 0 aliphatic heterocycles. The quantitative estimate of drug-likeness (QED) is 0.831. The summed E-state index contributed by atoms with van der Waals surface area (Å²) in [6, 6.07) is 9.65. The fourth-order valence-corrected chi connectivity index (χ4v) is 4.74. The lowest BCUT2D eigenvalue weighted by atomic mass is 9.78. The second-order valence-corrected chi connectivity index (χ2v) is 7.28. The van der Waals surface area contributed by atoms with E-state index in [2.05, 4.69) is 5.32 Å². The van der Waals surface area contributed by atoms with Crippen molar-refractivity contribution < 1.29 is 14.7 Å². The van der Waals surface area contributed by atoms with Crippen molar-refractivity contribution in [3.8, 4) is 0 Å². The molecule has 4 heteroatoms. The van der Waals surface area contributed by atoms with Gasteiger partial charge in [0.15, 0.2) is 0 Å². The molecule has 3 rings (SSSR count). The summed E-state index contributed by atoms with van der Waals surface area (Å²) in [5.41, 5.74) is 3.43. The van der Waals surface area contributed by atoms with E-state index in [9.17, 15) is 14.7 Å². The molecular weight excluding hydrogens is 302 g/mol. The molecule has 0 spiro atoms. The number of carboxylic acid groups (broad SMARTS) is 1. The summed E-state index contributed by atoms with van der Waals surface area (Å²) in [5.74, 6) is -1.88. The Labute approximate surface area is 143 Å². The number of aliphatic carboxylic acids is 1. The van der Waals surface area contributed by atoms with Crippen molar-refractivity contribution in [2.45, 2.75) is 39.7 Å². The zero-order valence-electron chi connectivity index (χ0n) is 14.5. The van der Waals surface area contributed by atoms with Crippen LogP contribution in [0.4, 0.5) is 0 Å². The molecule has 2 N–H and O–H groups in total. The third-order valence-corrected chi connectivity index (χ3v) is 5.67. The minimum Gasteiger partial charge on any atom is -0.481 e. The van der Waals surface area contributed by atoms with E-state index in [1.165, 1.54) is 11.1 Å². The smallest absolute Gasteiger partial charge is 0.307 e. The van der Waals surface area contributed by atoms with Crippen LogP contribution in [0.2, 0.25) is 0 Å². The van der Waals surface area contributed by atoms with Gasteiger partial charge in [-0.05, 0) is 51.0 Å². The molecule has 4 nitrogen and oxygen atoms in total. The number of carboxylic acids is 1. The monoisotopic (exact) mass is 327 g/mol. The van der Waals surface area contributed by atoms with Crippen LogP contribution in [0.15, 0.2) is 41.5 Å². The maximum atomic E-state index is 12.9. The van der Waals surface area contributed by atoms with Gasteiger partial charge in [0.2, 0.25) is 5.91 Å². The van der Waals surface area contributed by atoms with Gasteiger partial charge in [0.1, 0.15) is 0 Å². The average Bonchev–Trinajstić information content (AvgIpc) is 3.11. The molecule has 2 bridgehead atoms. The fourth-order valence-electron chi connectivity index (χ4n) is 4.74. The summed E-state index contributed by atoms with van der Waals surface area (Å²) in [6.45, 7) is 6.01. The summed E-state index contributed by atoms with van der Waals surface area (Å²) in [4.78, 5) is 24.7. The summed E-state index contributed by atoms with van der Waals surface area (Å²) >= 11 is 0. The van der Waals surface area contributed by atoms with E-state index < -0.39 is 17.8 Å². The predicted molar refractivity (Wildman–Crippen MR) is 92.2 cm³/mol. The molecule has 128 valence electrons. The number of carbonyl (C=O) groups is 2. The summed E-state index contributed by atoms with van der Waals surface area (Å²) < 4.78 is 0. The molecule has 24 heavy (non-hydrogen) atoms. The van der Waals surface area contributed by atoms with E-state index in [4.69, 9.17) is 0 Å². The van der Waals surface area contributed by atoms with Gasteiger partial charge in [0.05, 0.1) is 17.9 Å². The summed E-state index contributed by atoms with van der Waals surface area (Å²) in [6.07, 6.45) is 1.81. The Morgan fingerprint density at radius 2 is 1.67 bits per heavy atom. The standard InChI is InChI=1S/C20H25NO3/c1-11(2)16-14-9-10-15(16)18(20(23)24)17(14)19(22)21-12(3)13-7-5-4-6-8-13/h4-8,12,14-15,17-18H,9-10H2,1-3H3,(H,21,22)(H,23,24)/t12-,14+,15+,17-,18-/m0/s1. The first-order valence-corrected chi connectivity index (χ1v) is 8.67. The normalized spacial score (nSPS) is 29.4. The second-order valence-electron chi connectivity index (χ2n) is 7.28. The lowest BCUT2D eigenvalue weighted by Crippen LogP contribution is -2.42. The number of amides is 1. The van der Waals surface area contributed by atoms with Gasteiger partial charge in [-0.25, -0.2) is 0 Å². The summed E-state index contributed by atoms with van der Waals surface area (Å²) in [7, 11) is 0. The van der Waals surface area contributed by atoms with Crippen molar-refractivity contribution in [1.29, 1.82) is 0 Å². The van der Waals surface area contributed by atoms with Crippen LogP contribution in [-0.4, -0.2) is 17.0 Å². The molecular formula is C20H25NO3. The SMILES string of the molecule is CC(C)=C1[C@H]2CC[C@H]1[C@H](C(=O)N[C@@H](C)c1ccccc1)[C@H]2C(=O)O. The second kappa shape index (κ2) is 6.42. The van der Waals surface area contributed by atoms with E-state index in [0.717, 1.165) is 18.4 Å². The van der Waals surface area contributed by atoms with Gasteiger partial charge < -0.3 is 10.4 Å². The van der Waals surface area contributed by atoms with Crippen LogP contribution >= 0.6 is 0 Å². The third kappa shape index (κ3) is 2.74. The van der Waals surface area contributed by atoms with Crippen LogP contribution in [0.1, 0.15) is 45.2 Å². The van der Waals surface area contributed by atoms with Crippen LogP contribution in [0, 0.1) is 23.7 Å². The highest BCUT2D eigenvalue weighted by Gasteiger charge is 2.57. The molecule has 1 aromatic carbocycles. The Morgan fingerprint density at radius 1 is 1.08 bits per heavy atom. The van der Waals surface area contributed by atoms with Gasteiger partial charge in [-0.3, -0.25) is 9.59 Å². The van der Waals surface area contributed by atoms with Gasteiger partial charge in [-0.15, -0.1) is 0 Å². The number of nitrogens with one attached hydrogen (secondary N) is 1. The van der Waals surface area contributed by atoms with Gasteiger partial charge in [0, 0.05) is 0 Å². The number of hydrogen-bond donors (Lipinski definition) is 2. The predicted octanol–water partition coefficient (Wildman–Crippen LogP) is 3.56. The van der Waals surface area contributed by atoms with Crippen LogP contribution in [0.25, 0.3) is 0 Å². The van der Waals surface area contributed by atoms with Crippen molar-refractivity contribution in [1.82, 2.24) is 5.32 Å². The Balaban J connectivity index is 1.83. The lowest BCUT2D eigenvalue weighted by molar-refractivity contribution is -0.149. The van der Waals surface area contributed by atoms with E-state index >= 15 is 0 Å². The molecule has 0 radical (unpaired) electrons. The molecule has 0 heterocycles. The van der Waals surface area contributed by atoms with Gasteiger partial charge in [-0.2, -0.15) is 0 Å². The molecule has 2 fully saturated rings. The Bertz CT molecular complexity index is 675.